The maximum absolute atomic E-state index is 13.9. The molecule has 17 heteroatoms. The van der Waals surface area contributed by atoms with Gasteiger partial charge >= 0.3 is 18.2 Å². The summed E-state index contributed by atoms with van der Waals surface area (Å²) in [5.41, 5.74) is 15.4. The lowest BCUT2D eigenvalue weighted by molar-refractivity contribution is -0.137. The fourth-order valence-corrected chi connectivity index (χ4v) is 6.97. The monoisotopic (exact) mass is 858 g/mol. The van der Waals surface area contributed by atoms with E-state index in [1.54, 1.807) is 72.3 Å². The van der Waals surface area contributed by atoms with E-state index in [0.717, 1.165) is 27.4 Å². The molecule has 63 heavy (non-hydrogen) atoms. The van der Waals surface area contributed by atoms with E-state index in [9.17, 15) is 41.1 Å². The van der Waals surface area contributed by atoms with Crippen LogP contribution in [0.25, 0.3) is 44.1 Å². The molecule has 0 radical (unpaired) electrons. The summed E-state index contributed by atoms with van der Waals surface area (Å²) < 4.78 is 67.8. The van der Waals surface area contributed by atoms with Crippen molar-refractivity contribution in [2.75, 3.05) is 21.3 Å². The van der Waals surface area contributed by atoms with E-state index < -0.39 is 52.9 Å². The first-order chi connectivity index (χ1) is 30.1. The maximum Gasteiger partial charge on any atom is 0.416 e. The van der Waals surface area contributed by atoms with Gasteiger partial charge in [-0.05, 0) is 77.9 Å². The summed E-state index contributed by atoms with van der Waals surface area (Å²) >= 11 is 0. The standard InChI is InChI=1S/C24H18F4N4O2.C22H17FN4O2/c1-32-19-5-3-2-4-16(19)20(21(32)22(29)33)13-6-9-15(10-7-13)30-23(34)31-18-12-14(24(26,27)28)8-11-17(18)25;23-16-6-2-4-8-18(16)27-22(29)25-14-11-9-13(10-12-14)19-15-5-1-3-7-17(15)26-20(19)21(24)28/h2-12H,1H3,(H2,29,33)(H2,30,31,34);1-12,26H,(H2,24,28)(H2,25,27,29). The Morgan fingerprint density at radius 3 is 1.68 bits per heavy atom. The number of nitrogens with one attached hydrogen (secondary N) is 5. The molecule has 0 fully saturated rings. The average molecular weight is 859 g/mol. The molecule has 0 unspecified atom stereocenters. The van der Waals surface area contributed by atoms with Gasteiger partial charge in [0.1, 0.15) is 23.0 Å². The molecule has 2 aromatic heterocycles. The summed E-state index contributed by atoms with van der Waals surface area (Å²) in [6, 6.07) is 34.5. The molecular weight excluding hydrogens is 824 g/mol. The molecular formula is C46H35F5N8O4. The number of hydrogen-bond donors (Lipinski definition) is 7. The normalized spacial score (nSPS) is 11.1. The Kier molecular flexibility index (Phi) is 11.9. The highest BCUT2D eigenvalue weighted by molar-refractivity contribution is 6.11. The van der Waals surface area contributed by atoms with E-state index in [-0.39, 0.29) is 5.69 Å². The van der Waals surface area contributed by atoms with Gasteiger partial charge in [0.05, 0.1) is 16.9 Å². The molecule has 0 aliphatic carbocycles. The number of para-hydroxylation sites is 3. The predicted molar refractivity (Wildman–Crippen MR) is 232 cm³/mol. The number of hydrogen-bond acceptors (Lipinski definition) is 4. The van der Waals surface area contributed by atoms with E-state index in [0.29, 0.717) is 57.7 Å². The van der Waals surface area contributed by atoms with Crippen molar-refractivity contribution in [3.8, 4) is 22.3 Å². The van der Waals surface area contributed by atoms with Gasteiger partial charge in [-0.1, -0.05) is 72.8 Å². The summed E-state index contributed by atoms with van der Waals surface area (Å²) in [5, 5.41) is 11.3. The van der Waals surface area contributed by atoms with Crippen molar-refractivity contribution in [3.05, 3.63) is 168 Å². The Bertz CT molecular complexity index is 3030. The third-order valence-electron chi connectivity index (χ3n) is 9.82. The number of H-pyrrole nitrogens is 1. The van der Waals surface area contributed by atoms with Crippen molar-refractivity contribution in [2.24, 2.45) is 18.5 Å². The summed E-state index contributed by atoms with van der Waals surface area (Å²) in [5.74, 6) is -2.68. The zero-order chi connectivity index (χ0) is 45.0. The molecule has 2 heterocycles. The molecule has 0 aliphatic heterocycles. The molecule has 6 aromatic carbocycles. The molecule has 0 spiro atoms. The van der Waals surface area contributed by atoms with Gasteiger partial charge in [-0.15, -0.1) is 0 Å². The smallest absolute Gasteiger partial charge is 0.364 e. The van der Waals surface area contributed by atoms with Crippen LogP contribution in [-0.4, -0.2) is 33.4 Å². The number of nitrogens with two attached hydrogens (primary N) is 2. The van der Waals surface area contributed by atoms with Crippen molar-refractivity contribution in [2.45, 2.75) is 6.18 Å². The SMILES string of the molecule is Cn1c(C(N)=O)c(-c2ccc(NC(=O)Nc3cc(C(F)(F)F)ccc3F)cc2)c2ccccc21.NC(=O)c1[nH]c2ccccc2c1-c1ccc(NC(=O)Nc2ccccc2F)cc1. The summed E-state index contributed by atoms with van der Waals surface area (Å²) in [7, 11) is 1.74. The number of nitrogens with zero attached hydrogens (tertiary/aromatic N) is 1. The van der Waals surface area contributed by atoms with Gasteiger partial charge < -0.3 is 42.3 Å². The van der Waals surface area contributed by atoms with E-state index in [1.807, 2.05) is 48.5 Å². The van der Waals surface area contributed by atoms with Crippen molar-refractivity contribution >= 4 is 68.4 Å². The maximum atomic E-state index is 13.9. The average Bonchev–Trinajstić information content (AvgIpc) is 3.79. The van der Waals surface area contributed by atoms with E-state index in [2.05, 4.69) is 26.3 Å². The second kappa shape index (κ2) is 17.6. The van der Waals surface area contributed by atoms with Gasteiger partial charge in [-0.3, -0.25) is 9.59 Å². The van der Waals surface area contributed by atoms with Crippen molar-refractivity contribution in [1.82, 2.24) is 9.55 Å². The summed E-state index contributed by atoms with van der Waals surface area (Å²) in [6.07, 6.45) is -4.68. The minimum atomic E-state index is -4.68. The van der Waals surface area contributed by atoms with Gasteiger partial charge in [0.25, 0.3) is 11.8 Å². The number of primary amides is 2. The van der Waals surface area contributed by atoms with Crippen LogP contribution in [0.2, 0.25) is 0 Å². The highest BCUT2D eigenvalue weighted by Gasteiger charge is 2.31. The highest BCUT2D eigenvalue weighted by atomic mass is 19.4. The van der Waals surface area contributed by atoms with Gasteiger partial charge in [-0.25, -0.2) is 18.4 Å². The Labute approximate surface area is 354 Å². The molecule has 9 N–H and O–H groups in total. The summed E-state index contributed by atoms with van der Waals surface area (Å²) in [4.78, 5) is 51.4. The molecule has 6 amide bonds. The number of alkyl halides is 3. The van der Waals surface area contributed by atoms with Gasteiger partial charge in [-0.2, -0.15) is 13.2 Å². The predicted octanol–water partition coefficient (Wildman–Crippen LogP) is 10.5. The van der Waals surface area contributed by atoms with Crippen LogP contribution < -0.4 is 32.7 Å². The molecule has 0 aliphatic rings. The third-order valence-corrected chi connectivity index (χ3v) is 9.82. The number of aromatic amines is 1. The van der Waals surface area contributed by atoms with E-state index in [1.165, 1.54) is 12.1 Å². The second-order valence-electron chi connectivity index (χ2n) is 13.9. The van der Waals surface area contributed by atoms with E-state index in [4.69, 9.17) is 11.5 Å². The van der Waals surface area contributed by atoms with Crippen molar-refractivity contribution in [1.29, 1.82) is 0 Å². The lowest BCUT2D eigenvalue weighted by Gasteiger charge is -2.12. The minimum Gasteiger partial charge on any atom is -0.364 e. The van der Waals surface area contributed by atoms with Gasteiger partial charge in [0, 0.05) is 51.4 Å². The molecule has 0 atom stereocenters. The highest BCUT2D eigenvalue weighted by Crippen LogP contribution is 2.36. The summed E-state index contributed by atoms with van der Waals surface area (Å²) in [6.45, 7) is 0. The van der Waals surface area contributed by atoms with Crippen molar-refractivity contribution < 1.29 is 41.1 Å². The Balaban J connectivity index is 0.000000191. The van der Waals surface area contributed by atoms with Crippen LogP contribution in [0.15, 0.2) is 140 Å². The Morgan fingerprint density at radius 2 is 1.10 bits per heavy atom. The Morgan fingerprint density at radius 1 is 0.571 bits per heavy atom. The largest absolute Gasteiger partial charge is 0.416 e. The van der Waals surface area contributed by atoms with Crippen LogP contribution >= 0.6 is 0 Å². The molecule has 0 bridgehead atoms. The molecule has 12 nitrogen and oxygen atoms in total. The number of amides is 6. The van der Waals surface area contributed by atoms with Crippen LogP contribution in [0, 0.1) is 11.6 Å². The number of aromatic nitrogens is 2. The number of fused-ring (bicyclic) bond motifs is 2. The minimum absolute atomic E-state index is 0.0894. The van der Waals surface area contributed by atoms with Crippen LogP contribution in [0.1, 0.15) is 26.5 Å². The van der Waals surface area contributed by atoms with Crippen LogP contribution in [-0.2, 0) is 13.2 Å². The molecule has 0 saturated heterocycles. The molecule has 318 valence electrons. The number of urea groups is 2. The molecule has 8 aromatic rings. The number of halogens is 5. The van der Waals surface area contributed by atoms with Crippen LogP contribution in [0.5, 0.6) is 0 Å². The fourth-order valence-electron chi connectivity index (χ4n) is 6.97. The second-order valence-corrected chi connectivity index (χ2v) is 13.9. The molecule has 8 rings (SSSR count). The van der Waals surface area contributed by atoms with E-state index >= 15 is 0 Å². The lowest BCUT2D eigenvalue weighted by Crippen LogP contribution is -2.20. The zero-order valence-corrected chi connectivity index (χ0v) is 32.9. The van der Waals surface area contributed by atoms with Gasteiger partial charge in [0.2, 0.25) is 0 Å². The third kappa shape index (κ3) is 9.31. The topological polar surface area (TPSA) is 189 Å². The van der Waals surface area contributed by atoms with Gasteiger partial charge in [0.15, 0.2) is 0 Å². The number of carbonyl (C=O) groups excluding carboxylic acids is 4. The number of benzene rings is 6. The first-order valence-corrected chi connectivity index (χ1v) is 18.8. The van der Waals surface area contributed by atoms with Crippen LogP contribution in [0.3, 0.4) is 0 Å². The first-order valence-electron chi connectivity index (χ1n) is 18.8. The first kappa shape index (κ1) is 42.6. The van der Waals surface area contributed by atoms with Crippen LogP contribution in [0.4, 0.5) is 54.3 Å². The Hall–Kier alpha value is -8.47. The number of anilines is 4. The molecule has 0 saturated carbocycles. The number of aryl methyl sites for hydroxylation is 1. The van der Waals surface area contributed by atoms with Crippen molar-refractivity contribution in [3.63, 3.8) is 0 Å². The number of rotatable bonds is 8. The lowest BCUT2D eigenvalue weighted by atomic mass is 10.0. The quantitative estimate of drug-likeness (QED) is 0.0749. The zero-order valence-electron chi connectivity index (χ0n) is 32.9. The fraction of sp³-hybridized carbons (Fsp3) is 0.0435. The number of carbonyl (C=O) groups is 4.